The van der Waals surface area contributed by atoms with Gasteiger partial charge in [0.2, 0.25) is 0 Å². The molecule has 3 aromatic rings. The number of benzene rings is 1. The highest BCUT2D eigenvalue weighted by atomic mass is 16.5. The van der Waals surface area contributed by atoms with Crippen molar-refractivity contribution in [3.8, 4) is 16.9 Å². The van der Waals surface area contributed by atoms with Crippen LogP contribution in [0.5, 0.6) is 5.75 Å². The molecule has 29 heavy (non-hydrogen) atoms. The van der Waals surface area contributed by atoms with Crippen LogP contribution in [0.4, 0.5) is 0 Å². The average molecular weight is 394 g/mol. The second-order valence-corrected chi connectivity index (χ2v) is 7.65. The number of nitrogens with zero attached hydrogens (tertiary/aromatic N) is 4. The van der Waals surface area contributed by atoms with E-state index in [0.717, 1.165) is 22.2 Å². The zero-order valence-corrected chi connectivity index (χ0v) is 17.1. The van der Waals surface area contributed by atoms with Crippen molar-refractivity contribution >= 4 is 16.8 Å². The normalized spacial score (nSPS) is 14.7. The van der Waals surface area contributed by atoms with Crippen molar-refractivity contribution in [2.45, 2.75) is 6.54 Å². The molecule has 0 atom stereocenters. The van der Waals surface area contributed by atoms with Crippen molar-refractivity contribution in [2.75, 3.05) is 40.4 Å². The Morgan fingerprint density at radius 3 is 2.69 bits per heavy atom. The van der Waals surface area contributed by atoms with Gasteiger partial charge in [-0.15, -0.1) is 0 Å². The van der Waals surface area contributed by atoms with Crippen LogP contribution in [0.3, 0.4) is 0 Å². The fourth-order valence-electron chi connectivity index (χ4n) is 3.92. The summed E-state index contributed by atoms with van der Waals surface area (Å²) in [5, 5.41) is 11.5. The summed E-state index contributed by atoms with van der Waals surface area (Å²) in [6.07, 6.45) is 3.43. The molecular weight excluding hydrogens is 368 g/mol. The number of carbonyl (C=O) groups excluding carboxylic acids is 1. The van der Waals surface area contributed by atoms with Crippen LogP contribution >= 0.6 is 0 Å². The van der Waals surface area contributed by atoms with Crippen molar-refractivity contribution in [1.29, 1.82) is 0 Å². The van der Waals surface area contributed by atoms with Gasteiger partial charge < -0.3 is 24.2 Å². The number of pyridine rings is 1. The maximum Gasteiger partial charge on any atom is 0.256 e. The summed E-state index contributed by atoms with van der Waals surface area (Å²) >= 11 is 0. The minimum Gasteiger partial charge on any atom is -0.507 e. The highest BCUT2D eigenvalue weighted by Crippen LogP contribution is 2.37. The SMILES string of the molecule is CN(C)Cc1c(C(=O)N2CCOCC2)c2cc(O)c(-c3cccnc3)cc2n1C. The Bertz CT molecular complexity index is 1040. The highest BCUT2D eigenvalue weighted by Gasteiger charge is 2.27. The van der Waals surface area contributed by atoms with Crippen molar-refractivity contribution in [2.24, 2.45) is 7.05 Å². The third-order valence-electron chi connectivity index (χ3n) is 5.39. The first-order chi connectivity index (χ1) is 14.0. The molecule has 0 saturated carbocycles. The first kappa shape index (κ1) is 19.4. The number of morpholine rings is 1. The number of hydrogen-bond donors (Lipinski definition) is 1. The number of amides is 1. The minimum absolute atomic E-state index is 0.00993. The number of phenolic OH excluding ortho intramolecular Hbond substituents is 1. The molecule has 3 heterocycles. The van der Waals surface area contributed by atoms with Gasteiger partial charge in [-0.1, -0.05) is 6.07 Å². The van der Waals surface area contributed by atoms with Crippen LogP contribution in [-0.2, 0) is 18.3 Å². The van der Waals surface area contributed by atoms with Gasteiger partial charge in [0.1, 0.15) is 5.75 Å². The predicted molar refractivity (Wildman–Crippen MR) is 112 cm³/mol. The number of aromatic nitrogens is 2. The monoisotopic (exact) mass is 394 g/mol. The van der Waals surface area contributed by atoms with Crippen molar-refractivity contribution in [3.05, 3.63) is 47.9 Å². The Balaban J connectivity index is 1.91. The smallest absolute Gasteiger partial charge is 0.256 e. The van der Waals surface area contributed by atoms with Crippen LogP contribution < -0.4 is 0 Å². The van der Waals surface area contributed by atoms with E-state index < -0.39 is 0 Å². The molecule has 7 nitrogen and oxygen atoms in total. The van der Waals surface area contributed by atoms with Crippen LogP contribution in [0.25, 0.3) is 22.0 Å². The molecule has 0 aliphatic carbocycles. The van der Waals surface area contributed by atoms with E-state index in [2.05, 4.69) is 9.55 Å². The van der Waals surface area contributed by atoms with Crippen LogP contribution in [0.2, 0.25) is 0 Å². The van der Waals surface area contributed by atoms with Crippen molar-refractivity contribution < 1.29 is 14.6 Å². The first-order valence-corrected chi connectivity index (χ1v) is 9.73. The summed E-state index contributed by atoms with van der Waals surface area (Å²) < 4.78 is 7.46. The van der Waals surface area contributed by atoms with Gasteiger partial charge in [-0.3, -0.25) is 9.78 Å². The molecule has 1 aliphatic rings. The molecule has 0 unspecified atom stereocenters. The van der Waals surface area contributed by atoms with Crippen molar-refractivity contribution in [3.63, 3.8) is 0 Å². The number of carbonyl (C=O) groups is 1. The zero-order valence-electron chi connectivity index (χ0n) is 17.1. The molecule has 2 aromatic heterocycles. The molecule has 0 radical (unpaired) electrons. The standard InChI is InChI=1S/C22H26N4O3/c1-24(2)14-19-21(22(28)26-7-9-29-10-8-26)17-12-20(27)16(11-18(17)25(19)3)15-5-4-6-23-13-15/h4-6,11-13,27H,7-10,14H2,1-3H3. The summed E-state index contributed by atoms with van der Waals surface area (Å²) in [6, 6.07) is 7.41. The second-order valence-electron chi connectivity index (χ2n) is 7.65. The number of rotatable bonds is 4. The van der Waals surface area contributed by atoms with Crippen LogP contribution in [-0.4, -0.2) is 70.8 Å². The lowest BCUT2D eigenvalue weighted by Gasteiger charge is -2.27. The summed E-state index contributed by atoms with van der Waals surface area (Å²) in [4.78, 5) is 21.5. The van der Waals surface area contributed by atoms with Gasteiger partial charge in [-0.05, 0) is 32.3 Å². The number of hydrogen-bond acceptors (Lipinski definition) is 5. The molecule has 1 amide bonds. The van der Waals surface area contributed by atoms with Crippen LogP contribution in [0.15, 0.2) is 36.7 Å². The molecule has 1 saturated heterocycles. The van der Waals surface area contributed by atoms with Gasteiger partial charge in [0.25, 0.3) is 5.91 Å². The third kappa shape index (κ3) is 3.59. The second kappa shape index (κ2) is 7.85. The number of aryl methyl sites for hydroxylation is 1. The fraction of sp³-hybridized carbons (Fsp3) is 0.364. The molecule has 1 N–H and O–H groups in total. The van der Waals surface area contributed by atoms with Gasteiger partial charge in [-0.2, -0.15) is 0 Å². The molecule has 4 rings (SSSR count). The van der Waals surface area contributed by atoms with Crippen LogP contribution in [0, 0.1) is 0 Å². The summed E-state index contributed by atoms with van der Waals surface area (Å²) in [7, 11) is 5.94. The quantitative estimate of drug-likeness (QED) is 0.736. The van der Waals surface area contributed by atoms with Gasteiger partial charge in [0, 0.05) is 66.8 Å². The Morgan fingerprint density at radius 2 is 2.03 bits per heavy atom. The molecule has 7 heteroatoms. The topological polar surface area (TPSA) is 70.8 Å². The zero-order chi connectivity index (χ0) is 20.5. The largest absolute Gasteiger partial charge is 0.507 e. The van der Waals surface area contributed by atoms with Gasteiger partial charge in [0.15, 0.2) is 0 Å². The van der Waals surface area contributed by atoms with Gasteiger partial charge in [-0.25, -0.2) is 0 Å². The molecule has 1 aromatic carbocycles. The highest BCUT2D eigenvalue weighted by molar-refractivity contribution is 6.09. The van der Waals surface area contributed by atoms with E-state index >= 15 is 0 Å². The molecular formula is C22H26N4O3. The Kier molecular flexibility index (Phi) is 5.25. The van der Waals surface area contributed by atoms with Crippen LogP contribution in [0.1, 0.15) is 16.1 Å². The third-order valence-corrected chi connectivity index (χ3v) is 5.39. The minimum atomic E-state index is -0.00993. The molecule has 0 spiro atoms. The number of fused-ring (bicyclic) bond motifs is 1. The maximum absolute atomic E-state index is 13.4. The number of ether oxygens (including phenoxy) is 1. The lowest BCUT2D eigenvalue weighted by Crippen LogP contribution is -2.41. The maximum atomic E-state index is 13.4. The molecule has 1 aliphatic heterocycles. The van der Waals surface area contributed by atoms with E-state index in [1.165, 1.54) is 0 Å². The summed E-state index contributed by atoms with van der Waals surface area (Å²) in [5.41, 5.74) is 4.04. The van der Waals surface area contributed by atoms with Gasteiger partial charge >= 0.3 is 0 Å². The van der Waals surface area contributed by atoms with E-state index in [0.29, 0.717) is 44.0 Å². The Morgan fingerprint density at radius 1 is 1.28 bits per heavy atom. The van der Waals surface area contributed by atoms with E-state index in [1.54, 1.807) is 18.5 Å². The molecule has 0 bridgehead atoms. The van der Waals surface area contributed by atoms with E-state index in [4.69, 9.17) is 4.74 Å². The van der Waals surface area contributed by atoms with E-state index in [9.17, 15) is 9.90 Å². The summed E-state index contributed by atoms with van der Waals surface area (Å²) in [5.74, 6) is 0.132. The number of aromatic hydroxyl groups is 1. The van der Waals surface area contributed by atoms with Crippen molar-refractivity contribution in [1.82, 2.24) is 19.4 Å². The number of phenols is 1. The predicted octanol–water partition coefficient (Wildman–Crippen LogP) is 2.48. The Labute approximate surface area is 170 Å². The first-order valence-electron chi connectivity index (χ1n) is 9.73. The fourth-order valence-corrected chi connectivity index (χ4v) is 3.92. The average Bonchev–Trinajstić information content (AvgIpc) is 2.98. The van der Waals surface area contributed by atoms with Gasteiger partial charge in [0.05, 0.1) is 18.8 Å². The molecule has 152 valence electrons. The lowest BCUT2D eigenvalue weighted by atomic mass is 10.0. The lowest BCUT2D eigenvalue weighted by molar-refractivity contribution is 0.0303. The summed E-state index contributed by atoms with van der Waals surface area (Å²) in [6.45, 7) is 2.89. The van der Waals surface area contributed by atoms with E-state index in [1.807, 2.05) is 49.1 Å². The Hall–Kier alpha value is -2.90. The van der Waals surface area contributed by atoms with E-state index in [-0.39, 0.29) is 11.7 Å². The molecule has 1 fully saturated rings.